The minimum atomic E-state index is -3.32. The molecule has 2 aliphatic heterocycles. The van der Waals surface area contributed by atoms with Crippen molar-refractivity contribution in [2.75, 3.05) is 19.6 Å². The fraction of sp³-hybridized carbons (Fsp3) is 0.875. The molecule has 2 heterocycles. The summed E-state index contributed by atoms with van der Waals surface area (Å²) in [5.74, 6) is -0.430. The average molecular weight is 374 g/mol. The Hall–Kier alpha value is -1.24. The number of amides is 1. The number of nitriles is 1. The molecule has 2 fully saturated rings. The molecule has 2 unspecified atom stereocenters. The molecule has 0 bridgehead atoms. The normalized spacial score (nSPS) is 29.6. The number of rotatable bonds is 5. The lowest BCUT2D eigenvalue weighted by Crippen LogP contribution is -2.49. The molecule has 0 aromatic heterocycles. The van der Waals surface area contributed by atoms with Crippen molar-refractivity contribution >= 4 is 15.9 Å². The number of piperidine rings is 1. The van der Waals surface area contributed by atoms with Crippen molar-refractivity contribution in [1.82, 2.24) is 9.21 Å². The van der Waals surface area contributed by atoms with Crippen LogP contribution in [0.2, 0.25) is 0 Å². The standard InChI is InChI=1S/C16H27FN4O3S/c1-11(2)25(23,24)20-5-3-4-12(9-20)6-15(19)16(22)21-10-13(17)7-14(21)8-18/h11-15H,3-7,9-10,19H2,1-2H3/t12?,13-,14?,15-/m0/s1. The monoisotopic (exact) mass is 374 g/mol. The van der Waals surface area contributed by atoms with Gasteiger partial charge >= 0.3 is 0 Å². The maximum absolute atomic E-state index is 13.5. The summed E-state index contributed by atoms with van der Waals surface area (Å²) in [5.41, 5.74) is 6.01. The quantitative estimate of drug-likeness (QED) is 0.759. The summed E-state index contributed by atoms with van der Waals surface area (Å²) in [4.78, 5) is 13.7. The van der Waals surface area contributed by atoms with Crippen molar-refractivity contribution in [3.05, 3.63) is 0 Å². The van der Waals surface area contributed by atoms with Crippen LogP contribution in [0, 0.1) is 17.2 Å². The number of nitrogens with zero attached hydrogens (tertiary/aromatic N) is 3. The Morgan fingerprint density at radius 1 is 1.40 bits per heavy atom. The zero-order valence-corrected chi connectivity index (χ0v) is 15.6. The molecule has 0 aliphatic carbocycles. The van der Waals surface area contributed by atoms with Crippen LogP contribution in [0.15, 0.2) is 0 Å². The molecular formula is C16H27FN4O3S. The van der Waals surface area contributed by atoms with Gasteiger partial charge in [0.1, 0.15) is 12.2 Å². The van der Waals surface area contributed by atoms with E-state index in [-0.39, 0.29) is 18.9 Å². The Balaban J connectivity index is 1.97. The van der Waals surface area contributed by atoms with E-state index in [2.05, 4.69) is 0 Å². The molecule has 0 radical (unpaired) electrons. The van der Waals surface area contributed by atoms with E-state index < -0.39 is 39.4 Å². The number of hydrogen-bond acceptors (Lipinski definition) is 5. The van der Waals surface area contributed by atoms with E-state index in [1.807, 2.05) is 6.07 Å². The zero-order valence-electron chi connectivity index (χ0n) is 14.8. The van der Waals surface area contributed by atoms with E-state index >= 15 is 0 Å². The molecule has 0 aromatic carbocycles. The second-order valence-corrected chi connectivity index (χ2v) is 9.76. The average Bonchev–Trinajstić information content (AvgIpc) is 2.95. The first kappa shape index (κ1) is 20.1. The highest BCUT2D eigenvalue weighted by atomic mass is 32.2. The van der Waals surface area contributed by atoms with Gasteiger partial charge in [0.2, 0.25) is 15.9 Å². The number of carbonyl (C=O) groups excluding carboxylic acids is 1. The minimum absolute atomic E-state index is 0.00876. The fourth-order valence-corrected chi connectivity index (χ4v) is 4.97. The number of carbonyl (C=O) groups is 1. The highest BCUT2D eigenvalue weighted by molar-refractivity contribution is 7.89. The van der Waals surface area contributed by atoms with Crippen LogP contribution in [0.1, 0.15) is 39.5 Å². The van der Waals surface area contributed by atoms with Gasteiger partial charge in [-0.25, -0.2) is 17.1 Å². The molecule has 9 heteroatoms. The molecule has 142 valence electrons. The molecule has 7 nitrogen and oxygen atoms in total. The molecule has 2 aliphatic rings. The Kier molecular flexibility index (Phi) is 6.40. The van der Waals surface area contributed by atoms with Gasteiger partial charge < -0.3 is 10.6 Å². The third kappa shape index (κ3) is 4.49. The van der Waals surface area contributed by atoms with Crippen molar-refractivity contribution in [1.29, 1.82) is 5.26 Å². The van der Waals surface area contributed by atoms with Crippen LogP contribution in [-0.4, -0.2) is 66.7 Å². The highest BCUT2D eigenvalue weighted by Gasteiger charge is 2.38. The second kappa shape index (κ2) is 7.98. The van der Waals surface area contributed by atoms with Gasteiger partial charge in [0.15, 0.2) is 0 Å². The minimum Gasteiger partial charge on any atom is -0.322 e. The lowest BCUT2D eigenvalue weighted by molar-refractivity contribution is -0.133. The number of alkyl halides is 1. The van der Waals surface area contributed by atoms with Gasteiger partial charge in [-0.05, 0) is 39.0 Å². The smallest absolute Gasteiger partial charge is 0.240 e. The molecule has 0 spiro atoms. The summed E-state index contributed by atoms with van der Waals surface area (Å²) < 4.78 is 39.6. The molecule has 2 saturated heterocycles. The predicted octanol–water partition coefficient (Wildman–Crippen LogP) is 0.617. The summed E-state index contributed by atoms with van der Waals surface area (Å²) >= 11 is 0. The van der Waals surface area contributed by atoms with Gasteiger partial charge in [0, 0.05) is 19.5 Å². The first-order valence-electron chi connectivity index (χ1n) is 8.75. The first-order chi connectivity index (χ1) is 11.7. The van der Waals surface area contributed by atoms with Crippen LogP contribution >= 0.6 is 0 Å². The van der Waals surface area contributed by atoms with Crippen molar-refractivity contribution in [3.8, 4) is 6.07 Å². The van der Waals surface area contributed by atoms with Crippen molar-refractivity contribution < 1.29 is 17.6 Å². The van der Waals surface area contributed by atoms with Crippen molar-refractivity contribution in [3.63, 3.8) is 0 Å². The molecule has 0 aromatic rings. The zero-order chi connectivity index (χ0) is 18.8. The molecule has 1 amide bonds. The third-order valence-electron chi connectivity index (χ3n) is 5.02. The van der Waals surface area contributed by atoms with E-state index in [4.69, 9.17) is 11.0 Å². The lowest BCUT2D eigenvalue weighted by Gasteiger charge is -2.34. The van der Waals surface area contributed by atoms with E-state index in [0.29, 0.717) is 19.5 Å². The third-order valence-corrected chi connectivity index (χ3v) is 7.27. The first-order valence-corrected chi connectivity index (χ1v) is 10.3. The van der Waals surface area contributed by atoms with E-state index in [0.717, 1.165) is 12.8 Å². The van der Waals surface area contributed by atoms with E-state index in [1.54, 1.807) is 13.8 Å². The number of hydrogen-bond donors (Lipinski definition) is 1. The van der Waals surface area contributed by atoms with Gasteiger partial charge in [-0.2, -0.15) is 5.26 Å². The van der Waals surface area contributed by atoms with Crippen LogP contribution in [0.25, 0.3) is 0 Å². The van der Waals surface area contributed by atoms with Crippen LogP contribution < -0.4 is 5.73 Å². The largest absolute Gasteiger partial charge is 0.322 e. The second-order valence-electron chi connectivity index (χ2n) is 7.27. The van der Waals surface area contributed by atoms with Gasteiger partial charge in [-0.1, -0.05) is 0 Å². The molecule has 2 N–H and O–H groups in total. The van der Waals surface area contributed by atoms with Crippen LogP contribution in [-0.2, 0) is 14.8 Å². The fourth-order valence-electron chi connectivity index (χ4n) is 3.57. The maximum atomic E-state index is 13.5. The Bertz CT molecular complexity index is 634. The van der Waals surface area contributed by atoms with Crippen LogP contribution in [0.4, 0.5) is 4.39 Å². The maximum Gasteiger partial charge on any atom is 0.240 e. The summed E-state index contributed by atoms with van der Waals surface area (Å²) in [6.45, 7) is 4.05. The van der Waals surface area contributed by atoms with Crippen molar-refractivity contribution in [2.45, 2.75) is 63.0 Å². The number of halogens is 1. The van der Waals surface area contributed by atoms with Crippen LogP contribution in [0.5, 0.6) is 0 Å². The van der Waals surface area contributed by atoms with Gasteiger partial charge in [-0.3, -0.25) is 4.79 Å². The molecule has 25 heavy (non-hydrogen) atoms. The van der Waals surface area contributed by atoms with Gasteiger partial charge in [-0.15, -0.1) is 0 Å². The summed E-state index contributed by atoms with van der Waals surface area (Å²) in [5, 5.41) is 8.58. The Labute approximate surface area is 149 Å². The number of nitrogens with two attached hydrogens (primary N) is 1. The van der Waals surface area contributed by atoms with E-state index in [1.165, 1.54) is 9.21 Å². The number of likely N-dealkylation sites (tertiary alicyclic amines) is 1. The van der Waals surface area contributed by atoms with Crippen molar-refractivity contribution in [2.24, 2.45) is 11.7 Å². The van der Waals surface area contributed by atoms with Gasteiger partial charge in [0.25, 0.3) is 0 Å². The molecule has 0 saturated carbocycles. The van der Waals surface area contributed by atoms with Crippen LogP contribution in [0.3, 0.4) is 0 Å². The SMILES string of the molecule is CC(C)S(=O)(=O)N1CCCC(C[C@H](N)C(=O)N2C[C@@H](F)CC2C#N)C1. The Morgan fingerprint density at radius 3 is 2.68 bits per heavy atom. The molecule has 4 atom stereocenters. The number of sulfonamides is 1. The highest BCUT2D eigenvalue weighted by Crippen LogP contribution is 2.26. The summed E-state index contributed by atoms with van der Waals surface area (Å²) in [6, 6.07) is 0.339. The molecule has 2 rings (SSSR count). The van der Waals surface area contributed by atoms with E-state index in [9.17, 15) is 17.6 Å². The predicted molar refractivity (Wildman–Crippen MR) is 91.6 cm³/mol. The topological polar surface area (TPSA) is 108 Å². The lowest BCUT2D eigenvalue weighted by atomic mass is 9.92. The van der Waals surface area contributed by atoms with Gasteiger partial charge in [0.05, 0.1) is 23.9 Å². The summed E-state index contributed by atoms with van der Waals surface area (Å²) in [6.07, 6.45) is 0.711. The molecular weight excluding hydrogens is 347 g/mol. The summed E-state index contributed by atoms with van der Waals surface area (Å²) in [7, 11) is -3.32. The Morgan fingerprint density at radius 2 is 2.08 bits per heavy atom.